The van der Waals surface area contributed by atoms with E-state index in [9.17, 15) is 9.90 Å². The molecule has 15 heavy (non-hydrogen) atoms. The number of thiazole rings is 1. The average Bonchev–Trinajstić information content (AvgIpc) is 2.77. The van der Waals surface area contributed by atoms with Gasteiger partial charge in [0.05, 0.1) is 0 Å². The van der Waals surface area contributed by atoms with Crippen LogP contribution < -0.4 is 5.32 Å². The molecule has 1 fully saturated rings. The maximum atomic E-state index is 11.2. The van der Waals surface area contributed by atoms with Crippen LogP contribution in [0.15, 0.2) is 5.38 Å². The van der Waals surface area contributed by atoms with E-state index >= 15 is 0 Å². The van der Waals surface area contributed by atoms with E-state index in [0.717, 1.165) is 12.8 Å². The van der Waals surface area contributed by atoms with Crippen LogP contribution in [-0.2, 0) is 4.79 Å². The maximum Gasteiger partial charge on any atom is 0.329 e. The van der Waals surface area contributed by atoms with Crippen LogP contribution >= 0.6 is 22.9 Å². The minimum atomic E-state index is -0.832. The lowest BCUT2D eigenvalue weighted by molar-refractivity contribution is -0.142. The van der Waals surface area contributed by atoms with E-state index in [1.165, 1.54) is 11.3 Å². The Labute approximate surface area is 96.3 Å². The topological polar surface area (TPSA) is 62.2 Å². The van der Waals surface area contributed by atoms with Crippen LogP contribution in [0, 0.1) is 0 Å². The summed E-state index contributed by atoms with van der Waals surface area (Å²) in [7, 11) is 0. The lowest BCUT2D eigenvalue weighted by atomic mass is 9.98. The van der Waals surface area contributed by atoms with Crippen molar-refractivity contribution in [2.75, 3.05) is 5.32 Å². The third-order valence-electron chi connectivity index (χ3n) is 2.69. The highest BCUT2D eigenvalue weighted by atomic mass is 35.5. The number of nitrogens with zero attached hydrogens (tertiary/aromatic N) is 1. The Morgan fingerprint density at radius 2 is 2.27 bits per heavy atom. The second-order valence-corrected chi connectivity index (χ2v) is 4.94. The van der Waals surface area contributed by atoms with E-state index in [-0.39, 0.29) is 0 Å². The standard InChI is InChI=1S/C9H11ClN2O2S/c10-6-5-15-8(11-6)12-9(7(13)14)3-1-2-4-9/h5H,1-4H2,(H,11,12)(H,13,14). The zero-order valence-corrected chi connectivity index (χ0v) is 9.57. The minimum Gasteiger partial charge on any atom is -0.480 e. The number of hydrogen-bond acceptors (Lipinski definition) is 4. The molecule has 0 atom stereocenters. The van der Waals surface area contributed by atoms with Gasteiger partial charge in [-0.15, -0.1) is 11.3 Å². The summed E-state index contributed by atoms with van der Waals surface area (Å²) in [5.74, 6) is -0.800. The molecule has 4 nitrogen and oxygen atoms in total. The number of carbonyl (C=O) groups is 1. The molecule has 2 rings (SSSR count). The van der Waals surface area contributed by atoms with Crippen molar-refractivity contribution in [3.05, 3.63) is 10.5 Å². The quantitative estimate of drug-likeness (QED) is 0.861. The number of rotatable bonds is 3. The van der Waals surface area contributed by atoms with E-state index < -0.39 is 11.5 Å². The molecule has 1 aromatic heterocycles. The molecule has 0 spiro atoms. The second kappa shape index (κ2) is 3.98. The van der Waals surface area contributed by atoms with Gasteiger partial charge < -0.3 is 10.4 Å². The summed E-state index contributed by atoms with van der Waals surface area (Å²) < 4.78 is 0. The van der Waals surface area contributed by atoms with Crippen LogP contribution in [-0.4, -0.2) is 21.6 Å². The molecule has 1 heterocycles. The number of nitrogens with one attached hydrogen (secondary N) is 1. The molecule has 82 valence electrons. The summed E-state index contributed by atoms with van der Waals surface area (Å²) in [5, 5.41) is 14.9. The van der Waals surface area contributed by atoms with Gasteiger partial charge in [0, 0.05) is 5.38 Å². The molecule has 0 amide bonds. The third kappa shape index (κ3) is 2.08. The van der Waals surface area contributed by atoms with Crippen molar-refractivity contribution in [2.24, 2.45) is 0 Å². The van der Waals surface area contributed by atoms with Crippen molar-refractivity contribution in [3.63, 3.8) is 0 Å². The van der Waals surface area contributed by atoms with Crippen molar-refractivity contribution < 1.29 is 9.90 Å². The normalized spacial score (nSPS) is 19.0. The van der Waals surface area contributed by atoms with Crippen LogP contribution in [0.3, 0.4) is 0 Å². The molecular weight excluding hydrogens is 236 g/mol. The highest BCUT2D eigenvalue weighted by molar-refractivity contribution is 7.14. The molecule has 1 saturated carbocycles. The predicted octanol–water partition coefficient (Wildman–Crippen LogP) is 2.61. The summed E-state index contributed by atoms with van der Waals surface area (Å²) in [6.45, 7) is 0. The second-order valence-electron chi connectivity index (χ2n) is 3.69. The summed E-state index contributed by atoms with van der Waals surface area (Å²) in [6.07, 6.45) is 3.19. The van der Waals surface area contributed by atoms with Crippen molar-refractivity contribution in [1.29, 1.82) is 0 Å². The van der Waals surface area contributed by atoms with Gasteiger partial charge in [0.15, 0.2) is 5.13 Å². The van der Waals surface area contributed by atoms with Gasteiger partial charge in [0.1, 0.15) is 10.7 Å². The first-order valence-electron chi connectivity index (χ1n) is 4.75. The van der Waals surface area contributed by atoms with E-state index in [2.05, 4.69) is 10.3 Å². The van der Waals surface area contributed by atoms with Crippen LogP contribution in [0.1, 0.15) is 25.7 Å². The van der Waals surface area contributed by atoms with Gasteiger partial charge in [-0.2, -0.15) is 0 Å². The van der Waals surface area contributed by atoms with Crippen molar-refractivity contribution >= 4 is 34.0 Å². The van der Waals surface area contributed by atoms with Crippen LogP contribution in [0.4, 0.5) is 5.13 Å². The van der Waals surface area contributed by atoms with E-state index in [1.807, 2.05) is 0 Å². The Balaban J connectivity index is 2.17. The molecule has 1 aliphatic rings. The van der Waals surface area contributed by atoms with Crippen LogP contribution in [0.2, 0.25) is 5.15 Å². The van der Waals surface area contributed by atoms with E-state index in [0.29, 0.717) is 23.1 Å². The molecular formula is C9H11ClN2O2S. The number of carboxylic acid groups (broad SMARTS) is 1. The van der Waals surface area contributed by atoms with E-state index in [4.69, 9.17) is 11.6 Å². The molecule has 0 saturated heterocycles. The molecule has 2 N–H and O–H groups in total. The number of aliphatic carboxylic acids is 1. The first-order chi connectivity index (χ1) is 7.12. The SMILES string of the molecule is O=C(O)C1(Nc2nc(Cl)cs2)CCCC1. The summed E-state index contributed by atoms with van der Waals surface area (Å²) in [4.78, 5) is 15.2. The van der Waals surface area contributed by atoms with Crippen molar-refractivity contribution in [2.45, 2.75) is 31.2 Å². The van der Waals surface area contributed by atoms with Gasteiger partial charge >= 0.3 is 5.97 Å². The predicted molar refractivity (Wildman–Crippen MR) is 59.6 cm³/mol. The highest BCUT2D eigenvalue weighted by Crippen LogP contribution is 2.34. The van der Waals surface area contributed by atoms with Crippen molar-refractivity contribution in [1.82, 2.24) is 4.98 Å². The van der Waals surface area contributed by atoms with E-state index in [1.54, 1.807) is 5.38 Å². The zero-order chi connectivity index (χ0) is 10.9. The molecule has 0 unspecified atom stereocenters. The Kier molecular flexibility index (Phi) is 2.84. The fourth-order valence-electron chi connectivity index (χ4n) is 1.89. The largest absolute Gasteiger partial charge is 0.480 e. The van der Waals surface area contributed by atoms with Crippen LogP contribution in [0.5, 0.6) is 0 Å². The molecule has 1 aromatic rings. The monoisotopic (exact) mass is 246 g/mol. The average molecular weight is 247 g/mol. The molecule has 0 radical (unpaired) electrons. The molecule has 1 aliphatic carbocycles. The fourth-order valence-corrected chi connectivity index (χ4v) is 2.82. The maximum absolute atomic E-state index is 11.2. The summed E-state index contributed by atoms with van der Waals surface area (Å²) >= 11 is 7.02. The number of halogens is 1. The zero-order valence-electron chi connectivity index (χ0n) is 7.99. The molecule has 0 bridgehead atoms. The third-order valence-corrected chi connectivity index (χ3v) is 3.77. The van der Waals surface area contributed by atoms with Crippen molar-refractivity contribution in [3.8, 4) is 0 Å². The minimum absolute atomic E-state index is 0.404. The fraction of sp³-hybridized carbons (Fsp3) is 0.556. The Morgan fingerprint density at radius 1 is 1.60 bits per heavy atom. The first kappa shape index (κ1) is 10.7. The highest BCUT2D eigenvalue weighted by Gasteiger charge is 2.41. The Morgan fingerprint density at radius 3 is 2.73 bits per heavy atom. The number of carboxylic acids is 1. The van der Waals surface area contributed by atoms with Gasteiger partial charge in [0.25, 0.3) is 0 Å². The Hall–Kier alpha value is -0.810. The van der Waals surface area contributed by atoms with Gasteiger partial charge in [-0.05, 0) is 12.8 Å². The molecule has 0 aromatic carbocycles. The molecule has 6 heteroatoms. The Bertz CT molecular complexity index is 374. The first-order valence-corrected chi connectivity index (χ1v) is 6.01. The number of anilines is 1. The summed E-state index contributed by atoms with van der Waals surface area (Å²) in [6, 6.07) is 0. The number of aromatic nitrogens is 1. The lowest BCUT2D eigenvalue weighted by Gasteiger charge is -2.24. The van der Waals surface area contributed by atoms with Gasteiger partial charge in [0.2, 0.25) is 0 Å². The van der Waals surface area contributed by atoms with Crippen LogP contribution in [0.25, 0.3) is 0 Å². The lowest BCUT2D eigenvalue weighted by Crippen LogP contribution is -2.43. The molecule has 0 aliphatic heterocycles. The van der Waals surface area contributed by atoms with Gasteiger partial charge in [-0.3, -0.25) is 0 Å². The van der Waals surface area contributed by atoms with Gasteiger partial charge in [-0.25, -0.2) is 9.78 Å². The summed E-state index contributed by atoms with van der Waals surface area (Å²) in [5.41, 5.74) is -0.832. The number of hydrogen-bond donors (Lipinski definition) is 2. The smallest absolute Gasteiger partial charge is 0.329 e. The van der Waals surface area contributed by atoms with Gasteiger partial charge in [-0.1, -0.05) is 24.4 Å².